The van der Waals surface area contributed by atoms with Gasteiger partial charge in [0.1, 0.15) is 0 Å². The summed E-state index contributed by atoms with van der Waals surface area (Å²) in [7, 11) is 0. The molecule has 0 aliphatic rings. The number of ketones is 1. The number of benzene rings is 1. The molecule has 0 aliphatic heterocycles. The highest BCUT2D eigenvalue weighted by Gasteiger charge is 2.10. The zero-order valence-corrected chi connectivity index (χ0v) is 10.4. The lowest BCUT2D eigenvalue weighted by atomic mass is 9.98. The molecular weight excluding hydrogens is 240 g/mol. The molecule has 0 spiro atoms. The van der Waals surface area contributed by atoms with Crippen molar-refractivity contribution in [3.63, 3.8) is 0 Å². The van der Waals surface area contributed by atoms with Crippen molar-refractivity contribution in [2.75, 3.05) is 0 Å². The Morgan fingerprint density at radius 2 is 2.07 bits per heavy atom. The van der Waals surface area contributed by atoms with Crippen LogP contribution < -0.4 is 0 Å². The number of rotatable bonds is 3. The number of carbonyl (C=O) groups is 1. The highest BCUT2D eigenvalue weighted by atomic mass is 79.9. The largest absolute Gasteiger partial charge is 0.294 e. The van der Waals surface area contributed by atoms with Crippen LogP contribution in [0.5, 0.6) is 0 Å². The molecule has 0 heterocycles. The summed E-state index contributed by atoms with van der Waals surface area (Å²) in [5.41, 5.74) is 1.90. The van der Waals surface area contributed by atoms with Gasteiger partial charge in [-0.3, -0.25) is 4.79 Å². The number of aryl methyl sites for hydroxylation is 1. The van der Waals surface area contributed by atoms with E-state index < -0.39 is 0 Å². The SMILES string of the molecule is Cc1ccc(Br)cc1C(=O)CC(C)C. The van der Waals surface area contributed by atoms with Crippen molar-refractivity contribution in [3.8, 4) is 0 Å². The van der Waals surface area contributed by atoms with E-state index >= 15 is 0 Å². The average Bonchev–Trinajstić information content (AvgIpc) is 2.08. The third kappa shape index (κ3) is 2.95. The molecule has 1 nitrogen and oxygen atoms in total. The molecule has 0 fully saturated rings. The molecule has 0 amide bonds. The van der Waals surface area contributed by atoms with Crippen LogP contribution in [0.1, 0.15) is 36.2 Å². The molecule has 0 aromatic heterocycles. The van der Waals surface area contributed by atoms with Gasteiger partial charge in [0.05, 0.1) is 0 Å². The van der Waals surface area contributed by atoms with Crippen molar-refractivity contribution in [1.82, 2.24) is 0 Å². The van der Waals surface area contributed by atoms with E-state index in [2.05, 4.69) is 29.8 Å². The van der Waals surface area contributed by atoms with Gasteiger partial charge in [0.2, 0.25) is 0 Å². The Balaban J connectivity index is 2.94. The van der Waals surface area contributed by atoms with Crippen molar-refractivity contribution < 1.29 is 4.79 Å². The molecule has 1 aromatic rings. The Morgan fingerprint density at radius 3 is 2.64 bits per heavy atom. The van der Waals surface area contributed by atoms with E-state index in [9.17, 15) is 4.79 Å². The summed E-state index contributed by atoms with van der Waals surface area (Å²) in [6.07, 6.45) is 0.622. The van der Waals surface area contributed by atoms with Crippen molar-refractivity contribution in [2.24, 2.45) is 5.92 Å². The van der Waals surface area contributed by atoms with Gasteiger partial charge in [-0.05, 0) is 30.5 Å². The van der Waals surface area contributed by atoms with Crippen molar-refractivity contribution in [3.05, 3.63) is 33.8 Å². The first-order valence-electron chi connectivity index (χ1n) is 4.80. The fourth-order valence-electron chi connectivity index (χ4n) is 1.38. The van der Waals surface area contributed by atoms with Crippen molar-refractivity contribution in [1.29, 1.82) is 0 Å². The minimum Gasteiger partial charge on any atom is -0.294 e. The fourth-order valence-corrected chi connectivity index (χ4v) is 1.74. The average molecular weight is 255 g/mol. The van der Waals surface area contributed by atoms with Crippen LogP contribution in [-0.2, 0) is 0 Å². The molecule has 14 heavy (non-hydrogen) atoms. The van der Waals surface area contributed by atoms with Crippen LogP contribution in [-0.4, -0.2) is 5.78 Å². The second-order valence-electron chi connectivity index (χ2n) is 3.98. The minimum absolute atomic E-state index is 0.235. The molecule has 1 aromatic carbocycles. The van der Waals surface area contributed by atoms with Gasteiger partial charge in [-0.15, -0.1) is 0 Å². The van der Waals surface area contributed by atoms with Gasteiger partial charge in [0, 0.05) is 16.5 Å². The Hall–Kier alpha value is -0.630. The van der Waals surface area contributed by atoms with E-state index in [1.54, 1.807) is 0 Å². The highest BCUT2D eigenvalue weighted by molar-refractivity contribution is 9.10. The lowest BCUT2D eigenvalue weighted by Crippen LogP contribution is -2.05. The van der Waals surface area contributed by atoms with E-state index in [1.807, 2.05) is 25.1 Å². The lowest BCUT2D eigenvalue weighted by molar-refractivity contribution is 0.0967. The predicted molar refractivity (Wildman–Crippen MR) is 62.7 cm³/mol. The van der Waals surface area contributed by atoms with Crippen LogP contribution in [0.25, 0.3) is 0 Å². The molecule has 0 aliphatic carbocycles. The number of hydrogen-bond donors (Lipinski definition) is 0. The molecule has 0 unspecified atom stereocenters. The summed E-state index contributed by atoms with van der Waals surface area (Å²) in [5, 5.41) is 0. The quantitative estimate of drug-likeness (QED) is 0.746. The number of Topliss-reactive ketones (excluding diaryl/α,β-unsaturated/α-hetero) is 1. The summed E-state index contributed by atoms with van der Waals surface area (Å²) < 4.78 is 0.968. The molecular formula is C12H15BrO. The smallest absolute Gasteiger partial charge is 0.163 e. The zero-order valence-electron chi connectivity index (χ0n) is 8.80. The van der Waals surface area contributed by atoms with Gasteiger partial charge in [-0.2, -0.15) is 0 Å². The predicted octanol–water partition coefficient (Wildman–Crippen LogP) is 3.99. The number of halogens is 1. The monoisotopic (exact) mass is 254 g/mol. The van der Waals surface area contributed by atoms with Crippen molar-refractivity contribution in [2.45, 2.75) is 27.2 Å². The standard InChI is InChI=1S/C12H15BrO/c1-8(2)6-12(14)11-7-10(13)5-4-9(11)3/h4-5,7-8H,6H2,1-3H3. The second kappa shape index (κ2) is 4.74. The summed E-state index contributed by atoms with van der Waals surface area (Å²) in [5.74, 6) is 0.652. The third-order valence-electron chi connectivity index (χ3n) is 2.09. The molecule has 1 rings (SSSR count). The first-order chi connectivity index (χ1) is 6.50. The third-order valence-corrected chi connectivity index (χ3v) is 2.59. The van der Waals surface area contributed by atoms with E-state index in [1.165, 1.54) is 0 Å². The van der Waals surface area contributed by atoms with Crippen molar-refractivity contribution >= 4 is 21.7 Å². The maximum absolute atomic E-state index is 11.8. The Kier molecular flexibility index (Phi) is 3.87. The van der Waals surface area contributed by atoms with Crippen LogP contribution in [0.15, 0.2) is 22.7 Å². The van der Waals surface area contributed by atoms with Crippen LogP contribution in [0.4, 0.5) is 0 Å². The molecule has 76 valence electrons. The first kappa shape index (κ1) is 11.4. The molecule has 0 saturated heterocycles. The number of hydrogen-bond acceptors (Lipinski definition) is 1. The van der Waals surface area contributed by atoms with Gasteiger partial charge in [0.25, 0.3) is 0 Å². The normalized spacial score (nSPS) is 10.6. The van der Waals surface area contributed by atoms with Gasteiger partial charge in [-0.1, -0.05) is 35.8 Å². The molecule has 0 saturated carbocycles. The van der Waals surface area contributed by atoms with E-state index in [4.69, 9.17) is 0 Å². The summed E-state index contributed by atoms with van der Waals surface area (Å²) in [6, 6.07) is 5.83. The lowest BCUT2D eigenvalue weighted by Gasteiger charge is -2.07. The van der Waals surface area contributed by atoms with E-state index in [-0.39, 0.29) is 5.78 Å². The Labute approximate surface area is 93.7 Å². The molecule has 0 bridgehead atoms. The van der Waals surface area contributed by atoms with Gasteiger partial charge >= 0.3 is 0 Å². The zero-order chi connectivity index (χ0) is 10.7. The highest BCUT2D eigenvalue weighted by Crippen LogP contribution is 2.18. The van der Waals surface area contributed by atoms with Gasteiger partial charge in [0.15, 0.2) is 5.78 Å². The molecule has 0 radical (unpaired) electrons. The van der Waals surface area contributed by atoms with E-state index in [0.29, 0.717) is 12.3 Å². The molecule has 2 heteroatoms. The summed E-state index contributed by atoms with van der Waals surface area (Å²) >= 11 is 3.38. The maximum Gasteiger partial charge on any atom is 0.163 e. The second-order valence-corrected chi connectivity index (χ2v) is 4.90. The topological polar surface area (TPSA) is 17.1 Å². The maximum atomic E-state index is 11.8. The first-order valence-corrected chi connectivity index (χ1v) is 5.59. The van der Waals surface area contributed by atoms with Gasteiger partial charge < -0.3 is 0 Å². The van der Waals surface area contributed by atoms with Crippen LogP contribution in [0.3, 0.4) is 0 Å². The van der Waals surface area contributed by atoms with E-state index in [0.717, 1.165) is 15.6 Å². The van der Waals surface area contributed by atoms with Crippen LogP contribution in [0, 0.1) is 12.8 Å². The summed E-state index contributed by atoms with van der Waals surface area (Å²) in [4.78, 5) is 11.8. The summed E-state index contributed by atoms with van der Waals surface area (Å²) in [6.45, 7) is 6.09. The molecule has 0 N–H and O–H groups in total. The minimum atomic E-state index is 0.235. The van der Waals surface area contributed by atoms with Crippen LogP contribution in [0.2, 0.25) is 0 Å². The Morgan fingerprint density at radius 1 is 1.43 bits per heavy atom. The van der Waals surface area contributed by atoms with Crippen LogP contribution >= 0.6 is 15.9 Å². The molecule has 0 atom stereocenters. The fraction of sp³-hybridized carbons (Fsp3) is 0.417. The Bertz CT molecular complexity index is 342. The van der Waals surface area contributed by atoms with Gasteiger partial charge in [-0.25, -0.2) is 0 Å². The number of carbonyl (C=O) groups excluding carboxylic acids is 1.